The molecule has 7 heteroatoms. The van der Waals surface area contributed by atoms with Crippen molar-refractivity contribution in [3.05, 3.63) is 16.8 Å². The molecule has 2 aromatic heterocycles. The highest BCUT2D eigenvalue weighted by molar-refractivity contribution is 8.00. The molecule has 1 aliphatic rings. The standard InChI is InChI=1S/C15H16N4OS2/c1-19(7-3-6-16)12(20)8-21-14-13-10-4-2-5-11(10)22-15(13)18-9-17-14/h9H,2-5,7-8H2,1H3. The number of nitrogens with zero attached hydrogens (tertiary/aromatic N) is 4. The average molecular weight is 332 g/mol. The first-order chi connectivity index (χ1) is 10.7. The highest BCUT2D eigenvalue weighted by atomic mass is 32.2. The molecule has 0 radical (unpaired) electrons. The first kappa shape index (κ1) is 15.3. The Morgan fingerprint density at radius 3 is 3.18 bits per heavy atom. The van der Waals surface area contributed by atoms with Crippen LogP contribution in [0.25, 0.3) is 10.2 Å². The van der Waals surface area contributed by atoms with Crippen molar-refractivity contribution < 1.29 is 4.79 Å². The number of thioether (sulfide) groups is 1. The maximum atomic E-state index is 12.1. The highest BCUT2D eigenvalue weighted by Crippen LogP contribution is 2.39. The van der Waals surface area contributed by atoms with Crippen molar-refractivity contribution in [2.75, 3.05) is 19.3 Å². The lowest BCUT2D eigenvalue weighted by molar-refractivity contribution is -0.127. The van der Waals surface area contributed by atoms with Gasteiger partial charge in [-0.1, -0.05) is 11.8 Å². The van der Waals surface area contributed by atoms with Gasteiger partial charge in [-0.3, -0.25) is 4.79 Å². The largest absolute Gasteiger partial charge is 0.344 e. The molecule has 2 aromatic rings. The van der Waals surface area contributed by atoms with Crippen LogP contribution in [0.1, 0.15) is 23.3 Å². The topological polar surface area (TPSA) is 69.9 Å². The molecule has 1 aliphatic carbocycles. The molecule has 0 N–H and O–H groups in total. The van der Waals surface area contributed by atoms with E-state index in [1.165, 1.54) is 28.6 Å². The Morgan fingerprint density at radius 2 is 2.36 bits per heavy atom. The van der Waals surface area contributed by atoms with Gasteiger partial charge in [-0.15, -0.1) is 11.3 Å². The van der Waals surface area contributed by atoms with E-state index in [0.717, 1.165) is 28.1 Å². The summed E-state index contributed by atoms with van der Waals surface area (Å²) in [6.07, 6.45) is 5.37. The van der Waals surface area contributed by atoms with Crippen LogP contribution in [0.5, 0.6) is 0 Å². The molecule has 0 unspecified atom stereocenters. The number of hydrogen-bond acceptors (Lipinski definition) is 6. The zero-order valence-corrected chi connectivity index (χ0v) is 14.0. The second kappa shape index (κ2) is 6.63. The second-order valence-corrected chi connectivity index (χ2v) is 7.28. The number of aryl methyl sites for hydroxylation is 2. The van der Waals surface area contributed by atoms with Crippen LogP contribution >= 0.6 is 23.1 Å². The SMILES string of the molecule is CN(CCC#N)C(=O)CSc1ncnc2sc3c(c12)CCC3. The number of rotatable bonds is 5. The van der Waals surface area contributed by atoms with Gasteiger partial charge in [0, 0.05) is 23.9 Å². The van der Waals surface area contributed by atoms with Gasteiger partial charge in [0.15, 0.2) is 0 Å². The molecule has 114 valence electrons. The maximum absolute atomic E-state index is 12.1. The van der Waals surface area contributed by atoms with Gasteiger partial charge < -0.3 is 4.90 Å². The molecule has 0 saturated heterocycles. The number of amides is 1. The minimum absolute atomic E-state index is 0.0267. The van der Waals surface area contributed by atoms with Gasteiger partial charge in [0.1, 0.15) is 16.2 Å². The summed E-state index contributed by atoms with van der Waals surface area (Å²) >= 11 is 3.23. The van der Waals surface area contributed by atoms with Crippen LogP contribution in [-0.2, 0) is 17.6 Å². The fraction of sp³-hybridized carbons (Fsp3) is 0.467. The lowest BCUT2D eigenvalue weighted by Crippen LogP contribution is -2.29. The van der Waals surface area contributed by atoms with Crippen LogP contribution in [0.4, 0.5) is 0 Å². The van der Waals surface area contributed by atoms with Gasteiger partial charge in [-0.05, 0) is 24.8 Å². The van der Waals surface area contributed by atoms with E-state index in [0.29, 0.717) is 18.7 Å². The lowest BCUT2D eigenvalue weighted by Gasteiger charge is -2.14. The molecule has 0 spiro atoms. The van der Waals surface area contributed by atoms with Crippen molar-refractivity contribution in [3.63, 3.8) is 0 Å². The molecule has 22 heavy (non-hydrogen) atoms. The molecule has 0 aliphatic heterocycles. The smallest absolute Gasteiger partial charge is 0.232 e. The number of hydrogen-bond donors (Lipinski definition) is 0. The summed E-state index contributed by atoms with van der Waals surface area (Å²) < 4.78 is 0. The first-order valence-electron chi connectivity index (χ1n) is 7.19. The predicted molar refractivity (Wildman–Crippen MR) is 88.0 cm³/mol. The summed E-state index contributed by atoms with van der Waals surface area (Å²) in [5, 5.41) is 10.6. The second-order valence-electron chi connectivity index (χ2n) is 5.23. The van der Waals surface area contributed by atoms with Gasteiger partial charge in [0.2, 0.25) is 5.91 Å². The molecule has 0 saturated carbocycles. The summed E-state index contributed by atoms with van der Waals surface area (Å²) in [6.45, 7) is 0.475. The van der Waals surface area contributed by atoms with Gasteiger partial charge in [-0.25, -0.2) is 9.97 Å². The third-order valence-electron chi connectivity index (χ3n) is 3.78. The van der Waals surface area contributed by atoms with E-state index in [1.54, 1.807) is 29.6 Å². The Hall–Kier alpha value is -1.65. The summed E-state index contributed by atoms with van der Waals surface area (Å²) in [5.74, 6) is 0.373. The zero-order valence-electron chi connectivity index (χ0n) is 12.3. The molecular formula is C15H16N4OS2. The van der Waals surface area contributed by atoms with E-state index in [9.17, 15) is 4.79 Å². The van der Waals surface area contributed by atoms with Crippen molar-refractivity contribution in [1.82, 2.24) is 14.9 Å². The summed E-state index contributed by atoms with van der Waals surface area (Å²) in [4.78, 5) is 24.9. The molecule has 0 atom stereocenters. The summed E-state index contributed by atoms with van der Waals surface area (Å²) in [6, 6.07) is 2.06. The molecule has 2 heterocycles. The molecule has 5 nitrogen and oxygen atoms in total. The first-order valence-corrected chi connectivity index (χ1v) is 9.00. The Labute approximate surface area is 137 Å². The Morgan fingerprint density at radius 1 is 1.50 bits per heavy atom. The molecule has 3 rings (SSSR count). The van der Waals surface area contributed by atoms with E-state index in [-0.39, 0.29) is 5.91 Å². The van der Waals surface area contributed by atoms with E-state index >= 15 is 0 Å². The van der Waals surface area contributed by atoms with Gasteiger partial charge in [-0.2, -0.15) is 5.26 Å². The molecule has 0 fully saturated rings. The lowest BCUT2D eigenvalue weighted by atomic mass is 10.2. The Bertz CT molecular complexity index is 750. The van der Waals surface area contributed by atoms with Crippen LogP contribution in [0.3, 0.4) is 0 Å². The van der Waals surface area contributed by atoms with Gasteiger partial charge in [0.05, 0.1) is 18.2 Å². The fourth-order valence-electron chi connectivity index (χ4n) is 2.59. The average Bonchev–Trinajstić information content (AvgIpc) is 3.10. The molecule has 0 bridgehead atoms. The third-order valence-corrected chi connectivity index (χ3v) is 5.96. The fourth-order valence-corrected chi connectivity index (χ4v) is 4.85. The van der Waals surface area contributed by atoms with Crippen LogP contribution in [0.2, 0.25) is 0 Å². The number of aromatic nitrogens is 2. The number of thiophene rings is 1. The van der Waals surface area contributed by atoms with E-state index < -0.39 is 0 Å². The quantitative estimate of drug-likeness (QED) is 0.622. The highest BCUT2D eigenvalue weighted by Gasteiger charge is 2.21. The van der Waals surface area contributed by atoms with Crippen molar-refractivity contribution in [3.8, 4) is 6.07 Å². The van der Waals surface area contributed by atoms with E-state index in [1.807, 2.05) is 0 Å². The van der Waals surface area contributed by atoms with Crippen LogP contribution < -0.4 is 0 Å². The number of fused-ring (bicyclic) bond motifs is 3. The van der Waals surface area contributed by atoms with E-state index in [2.05, 4.69) is 16.0 Å². The van der Waals surface area contributed by atoms with Crippen LogP contribution in [0.15, 0.2) is 11.4 Å². The number of carbonyl (C=O) groups is 1. The normalized spacial score (nSPS) is 13.1. The summed E-state index contributed by atoms with van der Waals surface area (Å²) in [7, 11) is 1.73. The maximum Gasteiger partial charge on any atom is 0.232 e. The van der Waals surface area contributed by atoms with Crippen LogP contribution in [-0.4, -0.2) is 40.1 Å². The molecular weight excluding hydrogens is 316 g/mol. The van der Waals surface area contributed by atoms with Crippen molar-refractivity contribution in [1.29, 1.82) is 5.26 Å². The minimum atomic E-state index is 0.0267. The van der Waals surface area contributed by atoms with Crippen LogP contribution in [0, 0.1) is 11.3 Å². The van der Waals surface area contributed by atoms with Gasteiger partial charge in [0.25, 0.3) is 0 Å². The number of carbonyl (C=O) groups excluding carboxylic acids is 1. The van der Waals surface area contributed by atoms with Crippen molar-refractivity contribution in [2.24, 2.45) is 0 Å². The molecule has 1 amide bonds. The third kappa shape index (κ3) is 2.94. The van der Waals surface area contributed by atoms with Crippen molar-refractivity contribution >= 4 is 39.2 Å². The predicted octanol–water partition coefficient (Wildman–Crippen LogP) is 2.64. The Balaban J connectivity index is 1.75. The summed E-state index contributed by atoms with van der Waals surface area (Å²) in [5.41, 5.74) is 1.38. The monoisotopic (exact) mass is 332 g/mol. The Kier molecular flexibility index (Phi) is 4.60. The molecule has 0 aromatic carbocycles. The van der Waals surface area contributed by atoms with Gasteiger partial charge >= 0.3 is 0 Å². The van der Waals surface area contributed by atoms with Crippen molar-refractivity contribution in [2.45, 2.75) is 30.7 Å². The number of nitriles is 1. The van der Waals surface area contributed by atoms with E-state index in [4.69, 9.17) is 5.26 Å². The zero-order chi connectivity index (χ0) is 15.5. The minimum Gasteiger partial charge on any atom is -0.344 e.